The Balaban J connectivity index is 2.02. The summed E-state index contributed by atoms with van der Waals surface area (Å²) in [5.41, 5.74) is 0.597. The number of nitro benzene ring substituents is 1. The zero-order valence-corrected chi connectivity index (χ0v) is 10.8. The lowest BCUT2D eigenvalue weighted by molar-refractivity contribution is -0.385. The van der Waals surface area contributed by atoms with Crippen molar-refractivity contribution in [3.05, 3.63) is 51.6 Å². The van der Waals surface area contributed by atoms with E-state index in [2.05, 4.69) is 20.5 Å². The van der Waals surface area contributed by atoms with Gasteiger partial charge in [-0.3, -0.25) is 20.0 Å². The van der Waals surface area contributed by atoms with Gasteiger partial charge in [0.2, 0.25) is 0 Å². The van der Waals surface area contributed by atoms with Crippen molar-refractivity contribution in [3.63, 3.8) is 0 Å². The van der Waals surface area contributed by atoms with Gasteiger partial charge in [-0.05, 0) is 13.0 Å². The van der Waals surface area contributed by atoms with Crippen LogP contribution in [-0.4, -0.2) is 32.6 Å². The Morgan fingerprint density at radius 1 is 1.50 bits per heavy atom. The number of aromatic amines is 1. The lowest BCUT2D eigenvalue weighted by atomic mass is 10.1. The van der Waals surface area contributed by atoms with Gasteiger partial charge in [-0.2, -0.15) is 5.10 Å². The molecule has 2 N–H and O–H groups in total. The molecule has 0 aliphatic rings. The van der Waals surface area contributed by atoms with Gasteiger partial charge >= 0.3 is 0 Å². The molecule has 0 atom stereocenters. The number of nitrogens with one attached hydrogen (secondary N) is 2. The largest absolute Gasteiger partial charge is 0.352 e. The van der Waals surface area contributed by atoms with Crippen molar-refractivity contribution < 1.29 is 9.72 Å². The molecular weight excluding hydrogens is 262 g/mol. The van der Waals surface area contributed by atoms with Crippen LogP contribution in [0.15, 0.2) is 24.5 Å². The number of nitrogens with zero attached hydrogens (tertiary/aromatic N) is 3. The molecule has 0 aliphatic carbocycles. The molecule has 20 heavy (non-hydrogen) atoms. The molecule has 8 heteroatoms. The number of rotatable bonds is 5. The molecule has 0 aliphatic heterocycles. The van der Waals surface area contributed by atoms with Crippen LogP contribution in [0.5, 0.6) is 0 Å². The first-order chi connectivity index (χ1) is 9.59. The molecule has 0 unspecified atom stereocenters. The van der Waals surface area contributed by atoms with E-state index in [0.717, 1.165) is 0 Å². The van der Waals surface area contributed by atoms with Gasteiger partial charge in [0.1, 0.15) is 12.2 Å². The van der Waals surface area contributed by atoms with Crippen molar-refractivity contribution in [2.24, 2.45) is 0 Å². The Morgan fingerprint density at radius 3 is 2.95 bits per heavy atom. The smallest absolute Gasteiger partial charge is 0.273 e. The molecule has 0 saturated heterocycles. The summed E-state index contributed by atoms with van der Waals surface area (Å²) in [5, 5.41) is 19.9. The first-order valence-corrected chi connectivity index (χ1v) is 5.96. The molecule has 1 aromatic carbocycles. The number of carbonyl (C=O) groups is 1. The Bertz CT molecular complexity index is 624. The van der Waals surface area contributed by atoms with Gasteiger partial charge in [-0.15, -0.1) is 0 Å². The average molecular weight is 275 g/mol. The second-order valence-corrected chi connectivity index (χ2v) is 4.14. The van der Waals surface area contributed by atoms with E-state index in [1.54, 1.807) is 13.0 Å². The van der Waals surface area contributed by atoms with E-state index in [0.29, 0.717) is 29.9 Å². The fourth-order valence-corrected chi connectivity index (χ4v) is 1.81. The number of benzene rings is 1. The van der Waals surface area contributed by atoms with Crippen molar-refractivity contribution in [1.82, 2.24) is 20.5 Å². The Labute approximate surface area is 114 Å². The molecule has 0 bridgehead atoms. The Morgan fingerprint density at radius 2 is 2.30 bits per heavy atom. The van der Waals surface area contributed by atoms with E-state index in [9.17, 15) is 14.9 Å². The molecule has 0 radical (unpaired) electrons. The highest BCUT2D eigenvalue weighted by atomic mass is 16.6. The summed E-state index contributed by atoms with van der Waals surface area (Å²) in [6.07, 6.45) is 1.90. The van der Waals surface area contributed by atoms with Gasteiger partial charge in [-0.1, -0.05) is 6.07 Å². The van der Waals surface area contributed by atoms with Crippen molar-refractivity contribution in [1.29, 1.82) is 0 Å². The van der Waals surface area contributed by atoms with E-state index in [1.807, 2.05) is 0 Å². The van der Waals surface area contributed by atoms with Crippen LogP contribution < -0.4 is 5.32 Å². The summed E-state index contributed by atoms with van der Waals surface area (Å²) >= 11 is 0. The van der Waals surface area contributed by atoms with Crippen LogP contribution in [0.3, 0.4) is 0 Å². The van der Waals surface area contributed by atoms with Gasteiger partial charge in [-0.25, -0.2) is 4.98 Å². The second-order valence-electron chi connectivity index (χ2n) is 4.14. The third kappa shape index (κ3) is 2.97. The quantitative estimate of drug-likeness (QED) is 0.624. The number of hydrogen-bond acceptors (Lipinski definition) is 5. The van der Waals surface area contributed by atoms with Crippen LogP contribution in [0.4, 0.5) is 5.69 Å². The van der Waals surface area contributed by atoms with Gasteiger partial charge in [0.05, 0.1) is 4.92 Å². The molecule has 2 rings (SSSR count). The highest BCUT2D eigenvalue weighted by Gasteiger charge is 2.17. The molecule has 1 amide bonds. The minimum atomic E-state index is -0.499. The van der Waals surface area contributed by atoms with Gasteiger partial charge in [0.15, 0.2) is 0 Å². The van der Waals surface area contributed by atoms with Crippen LogP contribution in [0, 0.1) is 17.0 Å². The topological polar surface area (TPSA) is 114 Å². The van der Waals surface area contributed by atoms with Crippen LogP contribution in [0.1, 0.15) is 21.7 Å². The molecule has 2 aromatic rings. The summed E-state index contributed by atoms with van der Waals surface area (Å²) < 4.78 is 0. The highest BCUT2D eigenvalue weighted by molar-refractivity contribution is 5.96. The monoisotopic (exact) mass is 275 g/mol. The fourth-order valence-electron chi connectivity index (χ4n) is 1.81. The zero-order valence-electron chi connectivity index (χ0n) is 10.8. The number of carbonyl (C=O) groups excluding carboxylic acids is 1. The minimum absolute atomic E-state index is 0.0621. The van der Waals surface area contributed by atoms with Crippen LogP contribution in [0.25, 0.3) is 0 Å². The lowest BCUT2D eigenvalue weighted by Gasteiger charge is -2.07. The third-order valence-corrected chi connectivity index (χ3v) is 2.86. The SMILES string of the molecule is Cc1c(C(=O)NCCc2ncn[nH]2)cccc1[N+](=O)[O-]. The van der Waals surface area contributed by atoms with Crippen LogP contribution in [0.2, 0.25) is 0 Å². The Hall–Kier alpha value is -2.77. The predicted octanol–water partition coefficient (Wildman–Crippen LogP) is 0.994. The van der Waals surface area contributed by atoms with Crippen LogP contribution >= 0.6 is 0 Å². The van der Waals surface area contributed by atoms with Crippen molar-refractivity contribution in [2.45, 2.75) is 13.3 Å². The summed E-state index contributed by atoms with van der Waals surface area (Å²) in [5.74, 6) is 0.326. The Kier molecular flexibility index (Phi) is 4.04. The zero-order chi connectivity index (χ0) is 14.5. The maximum Gasteiger partial charge on any atom is 0.273 e. The predicted molar refractivity (Wildman–Crippen MR) is 70.3 cm³/mol. The van der Waals surface area contributed by atoms with E-state index in [4.69, 9.17) is 0 Å². The van der Waals surface area contributed by atoms with Crippen molar-refractivity contribution in [2.75, 3.05) is 6.54 Å². The van der Waals surface area contributed by atoms with Crippen molar-refractivity contribution >= 4 is 11.6 Å². The van der Waals surface area contributed by atoms with Crippen LogP contribution in [-0.2, 0) is 6.42 Å². The summed E-state index contributed by atoms with van der Waals surface area (Å²) in [7, 11) is 0. The molecular formula is C12H13N5O3. The molecule has 1 heterocycles. The van der Waals surface area contributed by atoms with Gasteiger partial charge in [0, 0.05) is 30.2 Å². The summed E-state index contributed by atoms with van der Waals surface area (Å²) in [4.78, 5) is 26.2. The number of nitro groups is 1. The second kappa shape index (κ2) is 5.91. The fraction of sp³-hybridized carbons (Fsp3) is 0.250. The number of aromatic nitrogens is 3. The number of H-pyrrole nitrogens is 1. The van der Waals surface area contributed by atoms with Gasteiger partial charge in [0.25, 0.3) is 11.6 Å². The number of amides is 1. The van der Waals surface area contributed by atoms with E-state index in [-0.39, 0.29) is 11.6 Å². The summed E-state index contributed by atoms with van der Waals surface area (Å²) in [6.45, 7) is 1.93. The molecule has 0 saturated carbocycles. The van der Waals surface area contributed by atoms with Crippen molar-refractivity contribution in [3.8, 4) is 0 Å². The first kappa shape index (κ1) is 13.7. The van der Waals surface area contributed by atoms with E-state index < -0.39 is 4.92 Å². The third-order valence-electron chi connectivity index (χ3n) is 2.86. The van der Waals surface area contributed by atoms with E-state index in [1.165, 1.54) is 18.5 Å². The average Bonchev–Trinajstić information content (AvgIpc) is 2.91. The molecule has 1 aromatic heterocycles. The number of hydrogen-bond donors (Lipinski definition) is 2. The molecule has 104 valence electrons. The minimum Gasteiger partial charge on any atom is -0.352 e. The maximum absolute atomic E-state index is 12.0. The lowest BCUT2D eigenvalue weighted by Crippen LogP contribution is -2.26. The molecule has 0 spiro atoms. The standard InChI is InChI=1S/C12H13N5O3/c1-8-9(3-2-4-10(8)17(19)20)12(18)13-6-5-11-14-7-15-16-11/h2-4,7H,5-6H2,1H3,(H,13,18)(H,14,15,16). The van der Waals surface area contributed by atoms with Gasteiger partial charge < -0.3 is 5.32 Å². The highest BCUT2D eigenvalue weighted by Crippen LogP contribution is 2.20. The molecule has 0 fully saturated rings. The summed E-state index contributed by atoms with van der Waals surface area (Å²) in [6, 6.07) is 4.43. The first-order valence-electron chi connectivity index (χ1n) is 5.96. The molecule has 8 nitrogen and oxygen atoms in total. The van der Waals surface area contributed by atoms with E-state index >= 15 is 0 Å². The maximum atomic E-state index is 12.0. The normalized spacial score (nSPS) is 10.2.